The minimum atomic E-state index is -4.40. The van der Waals surface area contributed by atoms with E-state index in [-0.39, 0.29) is 11.5 Å². The largest absolute Gasteiger partial charge is 0.480 e. The zero-order chi connectivity index (χ0) is 11.1. The van der Waals surface area contributed by atoms with E-state index in [0.29, 0.717) is 0 Å². The molecule has 2 heterocycles. The van der Waals surface area contributed by atoms with Crippen LogP contribution in [0.4, 0.5) is 13.2 Å². The fourth-order valence-electron chi connectivity index (χ4n) is 1.32. The highest BCUT2D eigenvalue weighted by Crippen LogP contribution is 2.30. The number of fused-ring (bicyclic) bond motifs is 1. The predicted molar refractivity (Wildman–Crippen MR) is 46.7 cm³/mol. The Morgan fingerprint density at radius 3 is 2.67 bits per heavy atom. The summed E-state index contributed by atoms with van der Waals surface area (Å²) in [7, 11) is 1.36. The molecule has 15 heavy (non-hydrogen) atoms. The summed E-state index contributed by atoms with van der Waals surface area (Å²) in [5.74, 6) is 0.159. The van der Waals surface area contributed by atoms with Crippen LogP contribution in [0.1, 0.15) is 5.69 Å². The number of imidazole rings is 1. The molecule has 0 aliphatic heterocycles. The topological polar surface area (TPSA) is 26.5 Å². The molecule has 0 N–H and O–H groups in total. The van der Waals surface area contributed by atoms with Crippen molar-refractivity contribution in [2.75, 3.05) is 7.11 Å². The van der Waals surface area contributed by atoms with Crippen LogP contribution in [-0.4, -0.2) is 16.5 Å². The average Bonchev–Trinajstić information content (AvgIpc) is 2.57. The number of methoxy groups -OCH3 is 1. The van der Waals surface area contributed by atoms with E-state index in [9.17, 15) is 13.2 Å². The number of pyridine rings is 1. The van der Waals surface area contributed by atoms with Crippen molar-refractivity contribution in [2.24, 2.45) is 0 Å². The van der Waals surface area contributed by atoms with Gasteiger partial charge in [0.25, 0.3) is 0 Å². The maximum atomic E-state index is 12.5. The molecule has 3 nitrogen and oxygen atoms in total. The molecule has 0 aliphatic rings. The normalized spacial score (nSPS) is 12.0. The second-order valence-corrected chi connectivity index (χ2v) is 2.92. The molecule has 0 unspecified atom stereocenters. The van der Waals surface area contributed by atoms with Crippen molar-refractivity contribution in [3.05, 3.63) is 30.1 Å². The zero-order valence-corrected chi connectivity index (χ0v) is 7.75. The van der Waals surface area contributed by atoms with Crippen molar-refractivity contribution in [2.45, 2.75) is 6.18 Å². The number of ether oxygens (including phenoxy) is 1. The molecule has 0 bridgehead atoms. The van der Waals surface area contributed by atoms with Gasteiger partial charge < -0.3 is 4.74 Å². The van der Waals surface area contributed by atoms with E-state index >= 15 is 0 Å². The van der Waals surface area contributed by atoms with Gasteiger partial charge in [0.2, 0.25) is 5.88 Å². The van der Waals surface area contributed by atoms with E-state index in [0.717, 1.165) is 10.5 Å². The molecular formula is C9H7F3N2O. The Labute approximate surface area is 83.1 Å². The van der Waals surface area contributed by atoms with Gasteiger partial charge in [-0.3, -0.25) is 4.40 Å². The Kier molecular flexibility index (Phi) is 2.06. The van der Waals surface area contributed by atoms with Crippen molar-refractivity contribution in [3.8, 4) is 5.88 Å². The van der Waals surface area contributed by atoms with Gasteiger partial charge in [-0.1, -0.05) is 6.07 Å². The van der Waals surface area contributed by atoms with E-state index in [1.807, 2.05) is 0 Å². The van der Waals surface area contributed by atoms with Crippen molar-refractivity contribution in [1.82, 2.24) is 9.38 Å². The summed E-state index contributed by atoms with van der Waals surface area (Å²) in [6.07, 6.45) is -3.19. The molecule has 0 aliphatic carbocycles. The third kappa shape index (κ3) is 1.62. The number of aromatic nitrogens is 2. The first-order valence-corrected chi connectivity index (χ1v) is 4.11. The Morgan fingerprint density at radius 2 is 2.07 bits per heavy atom. The Hall–Kier alpha value is -1.72. The fourth-order valence-corrected chi connectivity index (χ4v) is 1.32. The van der Waals surface area contributed by atoms with Gasteiger partial charge in [0, 0.05) is 0 Å². The molecular weight excluding hydrogens is 209 g/mol. The summed E-state index contributed by atoms with van der Waals surface area (Å²) < 4.78 is 43.3. The van der Waals surface area contributed by atoms with Crippen LogP contribution in [0.2, 0.25) is 0 Å². The number of rotatable bonds is 1. The average molecular weight is 216 g/mol. The third-order valence-electron chi connectivity index (χ3n) is 1.97. The van der Waals surface area contributed by atoms with Crippen LogP contribution in [0.15, 0.2) is 24.4 Å². The Bertz CT molecular complexity index is 490. The lowest BCUT2D eigenvalue weighted by molar-refractivity contribution is -0.142. The first-order valence-electron chi connectivity index (χ1n) is 4.11. The first kappa shape index (κ1) is 9.82. The van der Waals surface area contributed by atoms with Gasteiger partial charge in [0.15, 0.2) is 0 Å². The van der Waals surface area contributed by atoms with Gasteiger partial charge in [-0.25, -0.2) is 0 Å². The van der Waals surface area contributed by atoms with Gasteiger partial charge in [-0.2, -0.15) is 18.2 Å². The van der Waals surface area contributed by atoms with Crippen LogP contribution in [0.5, 0.6) is 5.88 Å². The van der Waals surface area contributed by atoms with Crippen LogP contribution in [0, 0.1) is 0 Å². The minimum absolute atomic E-state index is 0.159. The van der Waals surface area contributed by atoms with Crippen LogP contribution >= 0.6 is 0 Å². The van der Waals surface area contributed by atoms with Crippen molar-refractivity contribution >= 4 is 5.65 Å². The highest BCUT2D eigenvalue weighted by Gasteiger charge is 2.33. The molecule has 2 aromatic rings. The van der Waals surface area contributed by atoms with E-state index in [4.69, 9.17) is 4.74 Å². The van der Waals surface area contributed by atoms with Gasteiger partial charge >= 0.3 is 6.18 Å². The SMILES string of the molecule is COc1cn2c(C(F)(F)F)cccc2n1. The molecule has 0 atom stereocenters. The summed E-state index contributed by atoms with van der Waals surface area (Å²) in [6.45, 7) is 0. The summed E-state index contributed by atoms with van der Waals surface area (Å²) in [5.41, 5.74) is -0.558. The van der Waals surface area contributed by atoms with Crippen molar-refractivity contribution in [3.63, 3.8) is 0 Å². The van der Waals surface area contributed by atoms with E-state index in [1.54, 1.807) is 0 Å². The first-order chi connectivity index (χ1) is 7.02. The molecule has 6 heteroatoms. The van der Waals surface area contributed by atoms with Gasteiger partial charge in [0.1, 0.15) is 11.3 Å². The molecule has 0 aromatic carbocycles. The molecule has 0 saturated carbocycles. The highest BCUT2D eigenvalue weighted by atomic mass is 19.4. The van der Waals surface area contributed by atoms with Crippen LogP contribution in [0.25, 0.3) is 5.65 Å². The van der Waals surface area contributed by atoms with E-state index in [2.05, 4.69) is 4.98 Å². The van der Waals surface area contributed by atoms with Gasteiger partial charge in [-0.05, 0) is 12.1 Å². The standard InChI is InChI=1S/C9H7F3N2O/c1-15-8-5-14-6(9(10,11)12)3-2-4-7(14)13-8/h2-5H,1H3. The minimum Gasteiger partial charge on any atom is -0.480 e. The second kappa shape index (κ2) is 3.15. The fraction of sp³-hybridized carbons (Fsp3) is 0.222. The maximum Gasteiger partial charge on any atom is 0.431 e. The van der Waals surface area contributed by atoms with Crippen LogP contribution in [-0.2, 0) is 6.18 Å². The van der Waals surface area contributed by atoms with E-state index in [1.165, 1.54) is 25.4 Å². The quantitative estimate of drug-likeness (QED) is 0.731. The molecule has 0 fully saturated rings. The van der Waals surface area contributed by atoms with Crippen molar-refractivity contribution < 1.29 is 17.9 Å². The van der Waals surface area contributed by atoms with Crippen LogP contribution in [0.3, 0.4) is 0 Å². The highest BCUT2D eigenvalue weighted by molar-refractivity contribution is 5.43. The molecule has 2 aromatic heterocycles. The number of hydrogen-bond acceptors (Lipinski definition) is 2. The smallest absolute Gasteiger partial charge is 0.431 e. The molecule has 0 radical (unpaired) electrons. The molecule has 80 valence electrons. The van der Waals surface area contributed by atoms with E-state index < -0.39 is 11.9 Å². The Morgan fingerprint density at radius 1 is 1.33 bits per heavy atom. The lowest BCUT2D eigenvalue weighted by atomic mass is 10.3. The van der Waals surface area contributed by atoms with Crippen LogP contribution < -0.4 is 4.74 Å². The molecule has 0 saturated heterocycles. The zero-order valence-electron chi connectivity index (χ0n) is 7.75. The van der Waals surface area contributed by atoms with Gasteiger partial charge in [0.05, 0.1) is 13.3 Å². The molecule has 0 spiro atoms. The number of nitrogens with zero attached hydrogens (tertiary/aromatic N) is 2. The Balaban J connectivity index is 2.70. The number of halogens is 3. The van der Waals surface area contributed by atoms with Gasteiger partial charge in [-0.15, -0.1) is 0 Å². The monoisotopic (exact) mass is 216 g/mol. The second-order valence-electron chi connectivity index (χ2n) is 2.92. The maximum absolute atomic E-state index is 12.5. The predicted octanol–water partition coefficient (Wildman–Crippen LogP) is 2.36. The number of alkyl halides is 3. The summed E-state index contributed by atoms with van der Waals surface area (Å²) in [4.78, 5) is 3.85. The summed E-state index contributed by atoms with van der Waals surface area (Å²) in [5, 5.41) is 0. The lowest BCUT2D eigenvalue weighted by Gasteiger charge is -2.08. The molecule has 2 rings (SSSR count). The van der Waals surface area contributed by atoms with Crippen molar-refractivity contribution in [1.29, 1.82) is 0 Å². The molecule has 0 amide bonds. The summed E-state index contributed by atoms with van der Waals surface area (Å²) >= 11 is 0. The lowest BCUT2D eigenvalue weighted by Crippen LogP contribution is -2.10. The third-order valence-corrected chi connectivity index (χ3v) is 1.97. The summed E-state index contributed by atoms with van der Waals surface area (Å²) in [6, 6.07) is 3.79. The number of hydrogen-bond donors (Lipinski definition) is 0.